The molecule has 0 saturated heterocycles. The van der Waals surface area contributed by atoms with Crippen molar-refractivity contribution in [3.05, 3.63) is 30.1 Å². The summed E-state index contributed by atoms with van der Waals surface area (Å²) in [6.07, 6.45) is 4.94. The highest BCUT2D eigenvalue weighted by atomic mass is 16.5. The number of aromatic nitrogens is 4. The first-order chi connectivity index (χ1) is 6.84. The summed E-state index contributed by atoms with van der Waals surface area (Å²) < 4.78 is 4.87. The van der Waals surface area contributed by atoms with Gasteiger partial charge in [-0.1, -0.05) is 5.16 Å². The molecule has 0 spiro atoms. The molecule has 2 aromatic heterocycles. The third kappa shape index (κ3) is 2.03. The molecular weight excluding hydrogens is 182 g/mol. The van der Waals surface area contributed by atoms with E-state index in [1.54, 1.807) is 19.3 Å². The van der Waals surface area contributed by atoms with Gasteiger partial charge < -0.3 is 9.84 Å². The number of nitrogens with one attached hydrogen (secondary N) is 1. The summed E-state index contributed by atoms with van der Waals surface area (Å²) in [6.45, 7) is 2.34. The highest BCUT2D eigenvalue weighted by Gasteiger charge is 2.00. The van der Waals surface area contributed by atoms with E-state index in [1.165, 1.54) is 6.33 Å². The Bertz CT molecular complexity index is 399. The van der Waals surface area contributed by atoms with Crippen LogP contribution in [0.25, 0.3) is 0 Å². The van der Waals surface area contributed by atoms with Crippen molar-refractivity contribution in [2.45, 2.75) is 13.5 Å². The molecule has 0 atom stereocenters. The molecule has 14 heavy (non-hydrogen) atoms. The molecule has 0 fully saturated rings. The maximum Gasteiger partial charge on any atom is 0.321 e. The second-order valence-electron chi connectivity index (χ2n) is 2.75. The van der Waals surface area contributed by atoms with Gasteiger partial charge in [-0.3, -0.25) is 0 Å². The normalized spacial score (nSPS) is 10.1. The molecule has 0 saturated carbocycles. The Kier molecular flexibility index (Phi) is 2.35. The van der Waals surface area contributed by atoms with Gasteiger partial charge >= 0.3 is 6.01 Å². The van der Waals surface area contributed by atoms with Crippen LogP contribution in [0.5, 0.6) is 0 Å². The molecule has 0 unspecified atom stereocenters. The molecule has 0 aliphatic heterocycles. The minimum absolute atomic E-state index is 0.409. The first-order valence-corrected chi connectivity index (χ1v) is 4.12. The van der Waals surface area contributed by atoms with E-state index in [4.69, 9.17) is 4.52 Å². The first-order valence-electron chi connectivity index (χ1n) is 4.12. The standard InChI is InChI=1S/C8H9N5O/c1-6-12-8(14-13-6)11-4-7-2-9-5-10-3-7/h2-3,5H,4H2,1H3,(H,11,12,13). The highest BCUT2D eigenvalue weighted by molar-refractivity contribution is 5.20. The largest absolute Gasteiger partial charge is 0.334 e. The van der Waals surface area contributed by atoms with Crippen LogP contribution in [0.15, 0.2) is 23.2 Å². The molecular formula is C8H9N5O. The van der Waals surface area contributed by atoms with E-state index in [2.05, 4.69) is 25.4 Å². The van der Waals surface area contributed by atoms with Gasteiger partial charge in [-0.2, -0.15) is 4.98 Å². The average Bonchev–Trinajstić information content (AvgIpc) is 2.63. The SMILES string of the molecule is Cc1noc(NCc2cncnc2)n1. The van der Waals surface area contributed by atoms with Gasteiger partial charge in [-0.25, -0.2) is 9.97 Å². The quantitative estimate of drug-likeness (QED) is 0.772. The number of anilines is 1. The van der Waals surface area contributed by atoms with Gasteiger partial charge in [0, 0.05) is 24.5 Å². The molecule has 1 N–H and O–H groups in total. The number of hydrogen-bond donors (Lipinski definition) is 1. The van der Waals surface area contributed by atoms with Crippen molar-refractivity contribution < 1.29 is 4.52 Å². The molecule has 2 aromatic rings. The maximum atomic E-state index is 4.87. The molecule has 72 valence electrons. The molecule has 0 aliphatic rings. The lowest BCUT2D eigenvalue weighted by molar-refractivity contribution is 0.425. The fourth-order valence-corrected chi connectivity index (χ4v) is 0.968. The fourth-order valence-electron chi connectivity index (χ4n) is 0.968. The van der Waals surface area contributed by atoms with Crippen LogP contribution >= 0.6 is 0 Å². The Labute approximate surface area is 80.4 Å². The van der Waals surface area contributed by atoms with Crippen LogP contribution in [-0.2, 0) is 6.54 Å². The monoisotopic (exact) mass is 191 g/mol. The van der Waals surface area contributed by atoms with Crippen LogP contribution in [0.1, 0.15) is 11.4 Å². The van der Waals surface area contributed by atoms with Crippen LogP contribution in [0, 0.1) is 6.92 Å². The topological polar surface area (TPSA) is 76.7 Å². The van der Waals surface area contributed by atoms with E-state index in [0.717, 1.165) is 5.56 Å². The summed E-state index contributed by atoms with van der Waals surface area (Å²) in [6, 6.07) is 0.409. The zero-order valence-electron chi connectivity index (χ0n) is 7.64. The molecule has 0 bridgehead atoms. The Hall–Kier alpha value is -1.98. The van der Waals surface area contributed by atoms with E-state index in [9.17, 15) is 0 Å². The smallest absolute Gasteiger partial charge is 0.321 e. The van der Waals surface area contributed by atoms with Crippen molar-refractivity contribution in [2.24, 2.45) is 0 Å². The van der Waals surface area contributed by atoms with Gasteiger partial charge in [-0.05, 0) is 6.92 Å². The highest BCUT2D eigenvalue weighted by Crippen LogP contribution is 2.04. The van der Waals surface area contributed by atoms with Crippen molar-refractivity contribution in [2.75, 3.05) is 5.32 Å². The van der Waals surface area contributed by atoms with E-state index in [-0.39, 0.29) is 0 Å². The molecule has 0 aliphatic carbocycles. The maximum absolute atomic E-state index is 4.87. The zero-order chi connectivity index (χ0) is 9.80. The summed E-state index contributed by atoms with van der Waals surface area (Å²) in [7, 11) is 0. The average molecular weight is 191 g/mol. The first kappa shape index (κ1) is 8.61. The minimum atomic E-state index is 0.409. The van der Waals surface area contributed by atoms with Crippen molar-refractivity contribution in [3.8, 4) is 0 Å². The van der Waals surface area contributed by atoms with E-state index in [1.807, 2.05) is 0 Å². The second kappa shape index (κ2) is 3.82. The summed E-state index contributed by atoms with van der Waals surface area (Å²) in [5.74, 6) is 0.608. The van der Waals surface area contributed by atoms with Crippen LogP contribution in [0.4, 0.5) is 6.01 Å². The molecule has 6 nitrogen and oxygen atoms in total. The van der Waals surface area contributed by atoms with E-state index in [0.29, 0.717) is 18.4 Å². The van der Waals surface area contributed by atoms with Crippen molar-refractivity contribution in [1.82, 2.24) is 20.1 Å². The Morgan fingerprint density at radius 2 is 2.14 bits per heavy atom. The number of rotatable bonds is 3. The molecule has 2 rings (SSSR count). The fraction of sp³-hybridized carbons (Fsp3) is 0.250. The van der Waals surface area contributed by atoms with Gasteiger partial charge in [0.15, 0.2) is 5.82 Å². The summed E-state index contributed by atoms with van der Waals surface area (Å²) >= 11 is 0. The van der Waals surface area contributed by atoms with Gasteiger partial charge in [0.2, 0.25) is 0 Å². The van der Waals surface area contributed by atoms with Crippen molar-refractivity contribution >= 4 is 6.01 Å². The number of hydrogen-bond acceptors (Lipinski definition) is 6. The van der Waals surface area contributed by atoms with Crippen LogP contribution in [-0.4, -0.2) is 20.1 Å². The van der Waals surface area contributed by atoms with Crippen LogP contribution < -0.4 is 5.32 Å². The number of nitrogens with zero attached hydrogens (tertiary/aromatic N) is 4. The second-order valence-corrected chi connectivity index (χ2v) is 2.75. The Balaban J connectivity index is 1.95. The van der Waals surface area contributed by atoms with Crippen LogP contribution in [0.2, 0.25) is 0 Å². The van der Waals surface area contributed by atoms with Gasteiger partial charge in [-0.15, -0.1) is 0 Å². The van der Waals surface area contributed by atoms with Crippen LogP contribution in [0.3, 0.4) is 0 Å². The van der Waals surface area contributed by atoms with E-state index < -0.39 is 0 Å². The third-order valence-corrected chi connectivity index (χ3v) is 1.59. The lowest BCUT2D eigenvalue weighted by atomic mass is 10.3. The lowest BCUT2D eigenvalue weighted by Crippen LogP contribution is -2.00. The predicted molar refractivity (Wildman–Crippen MR) is 48.4 cm³/mol. The van der Waals surface area contributed by atoms with Crippen molar-refractivity contribution in [3.63, 3.8) is 0 Å². The third-order valence-electron chi connectivity index (χ3n) is 1.59. The molecule has 0 amide bonds. The van der Waals surface area contributed by atoms with Gasteiger partial charge in [0.1, 0.15) is 6.33 Å². The molecule has 2 heterocycles. The summed E-state index contributed by atoms with van der Waals surface area (Å²) in [5, 5.41) is 6.61. The Morgan fingerprint density at radius 1 is 1.36 bits per heavy atom. The lowest BCUT2D eigenvalue weighted by Gasteiger charge is -1.98. The molecule has 0 aromatic carbocycles. The van der Waals surface area contributed by atoms with E-state index >= 15 is 0 Å². The number of aryl methyl sites for hydroxylation is 1. The predicted octanol–water partition coefficient (Wildman–Crippen LogP) is 0.780. The molecule has 0 radical (unpaired) electrons. The summed E-state index contributed by atoms with van der Waals surface area (Å²) in [5.41, 5.74) is 0.961. The van der Waals surface area contributed by atoms with Gasteiger partial charge in [0.25, 0.3) is 0 Å². The van der Waals surface area contributed by atoms with Gasteiger partial charge in [0.05, 0.1) is 0 Å². The Morgan fingerprint density at radius 3 is 2.79 bits per heavy atom. The minimum Gasteiger partial charge on any atom is -0.334 e. The zero-order valence-corrected chi connectivity index (χ0v) is 7.64. The van der Waals surface area contributed by atoms with Crippen molar-refractivity contribution in [1.29, 1.82) is 0 Å². The summed E-state index contributed by atoms with van der Waals surface area (Å²) in [4.78, 5) is 11.8. The molecule has 6 heteroatoms.